The van der Waals surface area contributed by atoms with Gasteiger partial charge in [0.05, 0.1) is 41.4 Å². The summed E-state index contributed by atoms with van der Waals surface area (Å²) in [6.07, 6.45) is 0. The van der Waals surface area contributed by atoms with Crippen molar-refractivity contribution in [2.24, 2.45) is 0 Å². The van der Waals surface area contributed by atoms with Crippen molar-refractivity contribution in [2.45, 2.75) is 19.1 Å². The number of aromatic nitrogens is 4. The van der Waals surface area contributed by atoms with Crippen LogP contribution in [-0.2, 0) is 16.1 Å². The number of anilines is 1. The van der Waals surface area contributed by atoms with Crippen LogP contribution in [0.25, 0.3) is 27.1 Å². The fourth-order valence-electron chi connectivity index (χ4n) is 5.44. The van der Waals surface area contributed by atoms with Gasteiger partial charge in [0.15, 0.2) is 11.5 Å². The summed E-state index contributed by atoms with van der Waals surface area (Å²) in [6.45, 7) is 9.34. The maximum Gasteiger partial charge on any atom is 0.262 e. The number of benzene rings is 1. The first kappa shape index (κ1) is 23.8. The third-order valence-corrected chi connectivity index (χ3v) is 8.87. The van der Waals surface area contributed by atoms with Crippen molar-refractivity contribution in [1.29, 1.82) is 0 Å². The maximum atomic E-state index is 11.8. The lowest BCUT2D eigenvalue weighted by Crippen LogP contribution is -2.52. The zero-order valence-corrected chi connectivity index (χ0v) is 22.3. The van der Waals surface area contributed by atoms with Gasteiger partial charge in [-0.1, -0.05) is 12.1 Å². The van der Waals surface area contributed by atoms with E-state index in [0.29, 0.717) is 25.0 Å². The Balaban J connectivity index is 1.23. The predicted octanol–water partition coefficient (Wildman–Crippen LogP) is 1.84. The number of hydrogen-bond donors (Lipinski definition) is 1. The molecule has 3 aliphatic heterocycles. The number of rotatable bonds is 6. The average molecular weight is 535 g/mol. The fraction of sp³-hybridized carbons (Fsp3) is 0.462. The van der Waals surface area contributed by atoms with Crippen LogP contribution in [0.1, 0.15) is 11.8 Å². The van der Waals surface area contributed by atoms with Gasteiger partial charge in [-0.05, 0) is 25.1 Å². The van der Waals surface area contributed by atoms with Crippen LogP contribution in [-0.4, -0.2) is 101 Å². The van der Waals surface area contributed by atoms with E-state index in [4.69, 9.17) is 24.5 Å². The van der Waals surface area contributed by atoms with E-state index in [-0.39, 0.29) is 5.91 Å². The maximum absolute atomic E-state index is 11.8. The number of amides is 1. The molecule has 38 heavy (non-hydrogen) atoms. The lowest BCUT2D eigenvalue weighted by Gasteiger charge is -2.36. The number of fused-ring (bicyclic) bond motifs is 2. The molecule has 0 bridgehead atoms. The highest BCUT2D eigenvalue weighted by Crippen LogP contribution is 2.35. The topological polar surface area (TPSA) is 111 Å². The molecule has 198 valence electrons. The monoisotopic (exact) mass is 534 g/mol. The van der Waals surface area contributed by atoms with Crippen molar-refractivity contribution in [3.8, 4) is 11.8 Å². The van der Waals surface area contributed by atoms with E-state index in [1.807, 2.05) is 31.2 Å². The number of methoxy groups -OCH3 is 1. The highest BCUT2D eigenvalue weighted by molar-refractivity contribution is 7.19. The number of para-hydroxylation sites is 1. The molecule has 1 unspecified atom stereocenters. The van der Waals surface area contributed by atoms with E-state index in [1.54, 1.807) is 23.1 Å². The van der Waals surface area contributed by atoms with E-state index in [2.05, 4.69) is 26.1 Å². The van der Waals surface area contributed by atoms with Gasteiger partial charge in [-0.25, -0.2) is 4.98 Å². The highest BCUT2D eigenvalue weighted by atomic mass is 32.1. The number of thiophene rings is 1. The molecule has 7 rings (SSSR count). The quantitative estimate of drug-likeness (QED) is 0.371. The second-order valence-corrected chi connectivity index (χ2v) is 11.2. The van der Waals surface area contributed by atoms with Crippen LogP contribution in [0.2, 0.25) is 0 Å². The van der Waals surface area contributed by atoms with Gasteiger partial charge in [-0.15, -0.1) is 16.4 Å². The molecule has 1 amide bonds. The molecule has 0 radical (unpaired) electrons. The zero-order valence-electron chi connectivity index (χ0n) is 21.5. The van der Waals surface area contributed by atoms with Gasteiger partial charge in [-0.3, -0.25) is 14.6 Å². The van der Waals surface area contributed by atoms with Gasteiger partial charge in [0.25, 0.3) is 11.9 Å². The van der Waals surface area contributed by atoms with E-state index in [9.17, 15) is 4.79 Å². The predicted molar refractivity (Wildman–Crippen MR) is 145 cm³/mol. The summed E-state index contributed by atoms with van der Waals surface area (Å²) >= 11 is 1.76. The van der Waals surface area contributed by atoms with Gasteiger partial charge in [0.2, 0.25) is 5.88 Å². The standard InChI is InChI=1S/C26H30N8O3S/c1-26(24(35)29-26)33-9-7-31(8-10-33)16-17-15-19-21(38-17)22(32-11-13-37-14-12-32)28-25(27-19)34-20-6-4-3-5-18(20)23(30-34)36-2/h3-6,15H,7-14,16H2,1-2H3,(H,29,35). The van der Waals surface area contributed by atoms with Crippen LogP contribution < -0.4 is 15.0 Å². The van der Waals surface area contributed by atoms with E-state index in [1.165, 1.54) is 4.88 Å². The molecule has 12 heteroatoms. The molecule has 0 spiro atoms. The number of nitrogens with one attached hydrogen (secondary N) is 1. The van der Waals surface area contributed by atoms with Crippen LogP contribution >= 0.6 is 11.3 Å². The second-order valence-electron chi connectivity index (χ2n) is 10.1. The largest absolute Gasteiger partial charge is 0.479 e. The van der Waals surface area contributed by atoms with Gasteiger partial charge < -0.3 is 19.7 Å². The molecule has 3 aliphatic rings. The number of piperazine rings is 1. The molecule has 0 aliphatic carbocycles. The lowest BCUT2D eigenvalue weighted by atomic mass is 10.2. The van der Waals surface area contributed by atoms with Crippen molar-refractivity contribution in [3.05, 3.63) is 35.2 Å². The minimum absolute atomic E-state index is 0.128. The first-order chi connectivity index (χ1) is 18.5. The summed E-state index contributed by atoms with van der Waals surface area (Å²) in [5, 5.41) is 8.58. The second kappa shape index (κ2) is 9.16. The Morgan fingerprint density at radius 3 is 2.61 bits per heavy atom. The summed E-state index contributed by atoms with van der Waals surface area (Å²) in [6, 6.07) is 10.2. The van der Waals surface area contributed by atoms with Crippen molar-refractivity contribution in [3.63, 3.8) is 0 Å². The Kier molecular flexibility index (Phi) is 5.73. The molecule has 3 saturated heterocycles. The SMILES string of the molecule is COc1nn(-c2nc(N3CCOCC3)c3sc(CN4CCN(C5(C)NC5=O)CC4)cc3n2)c2ccccc12. The Morgan fingerprint density at radius 1 is 1.11 bits per heavy atom. The summed E-state index contributed by atoms with van der Waals surface area (Å²) in [5.41, 5.74) is 1.37. The number of ether oxygens (including phenoxy) is 2. The molecule has 1 atom stereocenters. The minimum Gasteiger partial charge on any atom is -0.479 e. The van der Waals surface area contributed by atoms with Crippen molar-refractivity contribution >= 4 is 44.2 Å². The molecule has 3 aromatic heterocycles. The van der Waals surface area contributed by atoms with Crippen LogP contribution in [0.3, 0.4) is 0 Å². The number of morpholine rings is 1. The Hall–Kier alpha value is -3.32. The summed E-state index contributed by atoms with van der Waals surface area (Å²) < 4.78 is 14.0. The molecule has 3 fully saturated rings. The average Bonchev–Trinajstić information content (AvgIpc) is 3.27. The van der Waals surface area contributed by atoms with E-state index in [0.717, 1.165) is 72.8 Å². The van der Waals surface area contributed by atoms with Gasteiger partial charge >= 0.3 is 0 Å². The molecule has 6 heterocycles. The molecular weight excluding hydrogens is 504 g/mol. The summed E-state index contributed by atoms with van der Waals surface area (Å²) in [7, 11) is 1.63. The summed E-state index contributed by atoms with van der Waals surface area (Å²) in [4.78, 5) is 30.0. The first-order valence-corrected chi connectivity index (χ1v) is 13.8. The summed E-state index contributed by atoms with van der Waals surface area (Å²) in [5.74, 6) is 2.15. The van der Waals surface area contributed by atoms with Gasteiger partial charge in [-0.2, -0.15) is 9.67 Å². The highest BCUT2D eigenvalue weighted by Gasteiger charge is 2.54. The van der Waals surface area contributed by atoms with Gasteiger partial charge in [0, 0.05) is 50.7 Å². The lowest BCUT2D eigenvalue weighted by molar-refractivity contribution is -0.114. The van der Waals surface area contributed by atoms with Crippen molar-refractivity contribution < 1.29 is 14.3 Å². The molecule has 4 aromatic rings. The smallest absolute Gasteiger partial charge is 0.262 e. The van der Waals surface area contributed by atoms with Crippen molar-refractivity contribution in [2.75, 3.05) is 64.5 Å². The van der Waals surface area contributed by atoms with Crippen LogP contribution in [0.15, 0.2) is 30.3 Å². The van der Waals surface area contributed by atoms with Gasteiger partial charge in [0.1, 0.15) is 0 Å². The van der Waals surface area contributed by atoms with Crippen LogP contribution in [0.4, 0.5) is 5.82 Å². The van der Waals surface area contributed by atoms with E-state index >= 15 is 0 Å². The van der Waals surface area contributed by atoms with Crippen LogP contribution in [0, 0.1) is 0 Å². The molecule has 11 nitrogen and oxygen atoms in total. The minimum atomic E-state index is -0.456. The number of nitrogens with zero attached hydrogens (tertiary/aromatic N) is 7. The first-order valence-electron chi connectivity index (χ1n) is 13.0. The van der Waals surface area contributed by atoms with E-state index < -0.39 is 5.66 Å². The normalized spacial score (nSPS) is 22.8. The molecule has 1 N–H and O–H groups in total. The van der Waals surface area contributed by atoms with Crippen LogP contribution in [0.5, 0.6) is 5.88 Å². The third kappa shape index (κ3) is 3.99. The fourth-order valence-corrected chi connectivity index (χ4v) is 6.60. The molecular formula is C26H30N8O3S. The zero-order chi connectivity index (χ0) is 25.9. The number of carbonyl (C=O) groups excluding carboxylic acids is 1. The van der Waals surface area contributed by atoms with Crippen molar-refractivity contribution in [1.82, 2.24) is 34.9 Å². The third-order valence-electron chi connectivity index (χ3n) is 7.76. The number of hydrogen-bond acceptors (Lipinski definition) is 10. The molecule has 0 saturated carbocycles. The molecule has 1 aromatic carbocycles. The Morgan fingerprint density at radius 2 is 1.87 bits per heavy atom. The number of carbonyl (C=O) groups is 1. The Labute approximate surface area is 223 Å². The Bertz CT molecular complexity index is 1520.